The van der Waals surface area contributed by atoms with Crippen LogP contribution in [0.1, 0.15) is 41.8 Å². The molecule has 2 unspecified atom stereocenters. The normalized spacial score (nSPS) is 25.4. The summed E-state index contributed by atoms with van der Waals surface area (Å²) in [5.74, 6) is 0.0788. The molecule has 16 heavy (non-hydrogen) atoms. The molecule has 1 saturated carbocycles. The predicted molar refractivity (Wildman–Crippen MR) is 58.9 cm³/mol. The topological polar surface area (TPSA) is 81.2 Å². The minimum atomic E-state index is -0.211. The molecule has 1 amide bonds. The number of carbonyl (C=O) groups excluding carboxylic acids is 1. The number of carbonyl (C=O) groups is 1. The lowest BCUT2D eigenvalue weighted by atomic mass is 9.91. The molecule has 1 aromatic rings. The van der Waals surface area contributed by atoms with Gasteiger partial charge in [-0.15, -0.1) is 0 Å². The monoisotopic (exact) mass is 223 g/mol. The summed E-state index contributed by atoms with van der Waals surface area (Å²) in [7, 11) is 0. The molecule has 2 atom stereocenters. The van der Waals surface area contributed by atoms with Gasteiger partial charge in [-0.1, -0.05) is 18.0 Å². The van der Waals surface area contributed by atoms with Crippen LogP contribution in [0.5, 0.6) is 0 Å². The van der Waals surface area contributed by atoms with E-state index in [0.717, 1.165) is 31.2 Å². The van der Waals surface area contributed by atoms with Crippen molar-refractivity contribution >= 4 is 5.91 Å². The van der Waals surface area contributed by atoms with Gasteiger partial charge in [0.2, 0.25) is 5.76 Å². The third-order valence-corrected chi connectivity index (χ3v) is 3.09. The van der Waals surface area contributed by atoms with Crippen LogP contribution in [-0.2, 0) is 0 Å². The molecule has 0 aromatic carbocycles. The van der Waals surface area contributed by atoms with Gasteiger partial charge < -0.3 is 15.6 Å². The summed E-state index contributed by atoms with van der Waals surface area (Å²) in [5, 5.41) is 6.50. The van der Waals surface area contributed by atoms with Gasteiger partial charge in [0, 0.05) is 17.6 Å². The number of rotatable bonds is 2. The van der Waals surface area contributed by atoms with E-state index in [9.17, 15) is 4.79 Å². The summed E-state index contributed by atoms with van der Waals surface area (Å²) in [5.41, 5.74) is 6.71. The van der Waals surface area contributed by atoms with E-state index in [1.165, 1.54) is 6.20 Å². The fourth-order valence-corrected chi connectivity index (χ4v) is 2.08. The number of hydrogen-bond acceptors (Lipinski definition) is 4. The molecule has 0 aliphatic heterocycles. The third-order valence-electron chi connectivity index (χ3n) is 3.09. The quantitative estimate of drug-likeness (QED) is 0.783. The average Bonchev–Trinajstić information content (AvgIpc) is 2.68. The number of nitrogens with zero attached hydrogens (tertiary/aromatic N) is 1. The minimum absolute atomic E-state index is 0.0564. The van der Waals surface area contributed by atoms with Gasteiger partial charge >= 0.3 is 0 Å². The summed E-state index contributed by atoms with van der Waals surface area (Å²) in [6.07, 6.45) is 5.72. The Morgan fingerprint density at radius 3 is 2.94 bits per heavy atom. The molecule has 0 spiro atoms. The summed E-state index contributed by atoms with van der Waals surface area (Å²) in [6, 6.07) is 0.117. The van der Waals surface area contributed by atoms with Crippen molar-refractivity contribution in [3.63, 3.8) is 0 Å². The number of nitrogens with one attached hydrogen (secondary N) is 1. The number of nitrogens with two attached hydrogens (primary N) is 1. The van der Waals surface area contributed by atoms with Gasteiger partial charge in [0.15, 0.2) is 0 Å². The molecule has 1 aromatic heterocycles. The van der Waals surface area contributed by atoms with Crippen molar-refractivity contribution in [2.45, 2.75) is 44.7 Å². The summed E-state index contributed by atoms with van der Waals surface area (Å²) in [6.45, 7) is 1.80. The molecule has 1 aliphatic carbocycles. The highest BCUT2D eigenvalue weighted by molar-refractivity contribution is 5.92. The summed E-state index contributed by atoms with van der Waals surface area (Å²) in [4.78, 5) is 11.8. The van der Waals surface area contributed by atoms with Crippen LogP contribution in [0.2, 0.25) is 0 Å². The summed E-state index contributed by atoms with van der Waals surface area (Å²) >= 11 is 0. The molecule has 3 N–H and O–H groups in total. The van der Waals surface area contributed by atoms with Crippen LogP contribution in [-0.4, -0.2) is 23.1 Å². The van der Waals surface area contributed by atoms with Crippen LogP contribution in [0, 0.1) is 6.92 Å². The second-order valence-electron chi connectivity index (χ2n) is 4.37. The van der Waals surface area contributed by atoms with Crippen LogP contribution < -0.4 is 11.1 Å². The zero-order valence-corrected chi connectivity index (χ0v) is 9.40. The maximum absolute atomic E-state index is 11.8. The highest BCUT2D eigenvalue weighted by atomic mass is 16.5. The third kappa shape index (κ3) is 2.24. The SMILES string of the molecule is Cc1cnoc1C(=O)NC1CCCCC1N. The smallest absolute Gasteiger partial charge is 0.290 e. The predicted octanol–water partition coefficient (Wildman–Crippen LogP) is 0.983. The Balaban J connectivity index is 1.99. The van der Waals surface area contributed by atoms with Crippen molar-refractivity contribution in [3.05, 3.63) is 17.5 Å². The van der Waals surface area contributed by atoms with Gasteiger partial charge in [0.25, 0.3) is 5.91 Å². The van der Waals surface area contributed by atoms with Gasteiger partial charge in [0.05, 0.1) is 6.20 Å². The number of aromatic nitrogens is 1. The van der Waals surface area contributed by atoms with Gasteiger partial charge in [-0.2, -0.15) is 0 Å². The molecule has 0 saturated heterocycles. The van der Waals surface area contributed by atoms with Gasteiger partial charge in [0.1, 0.15) is 0 Å². The van der Waals surface area contributed by atoms with Crippen molar-refractivity contribution in [3.8, 4) is 0 Å². The van der Waals surface area contributed by atoms with Crippen LogP contribution in [0.3, 0.4) is 0 Å². The van der Waals surface area contributed by atoms with E-state index in [4.69, 9.17) is 10.3 Å². The molecule has 1 fully saturated rings. The Morgan fingerprint density at radius 2 is 2.31 bits per heavy atom. The maximum Gasteiger partial charge on any atom is 0.290 e. The highest BCUT2D eigenvalue weighted by Gasteiger charge is 2.25. The average molecular weight is 223 g/mol. The fourth-order valence-electron chi connectivity index (χ4n) is 2.08. The second-order valence-corrected chi connectivity index (χ2v) is 4.37. The van der Waals surface area contributed by atoms with Crippen molar-refractivity contribution in [1.29, 1.82) is 0 Å². The van der Waals surface area contributed by atoms with Gasteiger partial charge in [-0.3, -0.25) is 4.79 Å². The molecule has 5 nitrogen and oxygen atoms in total. The lowest BCUT2D eigenvalue weighted by Crippen LogP contribution is -2.49. The molecular weight excluding hydrogens is 206 g/mol. The first-order valence-electron chi connectivity index (χ1n) is 5.66. The van der Waals surface area contributed by atoms with E-state index in [0.29, 0.717) is 0 Å². The van der Waals surface area contributed by atoms with Crippen LogP contribution in [0.15, 0.2) is 10.7 Å². The van der Waals surface area contributed by atoms with Gasteiger partial charge in [-0.25, -0.2) is 0 Å². The van der Waals surface area contributed by atoms with E-state index in [1.54, 1.807) is 6.92 Å². The van der Waals surface area contributed by atoms with Crippen molar-refractivity contribution < 1.29 is 9.32 Å². The number of aryl methyl sites for hydroxylation is 1. The van der Waals surface area contributed by atoms with Crippen LogP contribution in [0.4, 0.5) is 0 Å². The molecule has 1 heterocycles. The Bertz CT molecular complexity index is 375. The minimum Gasteiger partial charge on any atom is -0.351 e. The number of hydrogen-bond donors (Lipinski definition) is 2. The number of amides is 1. The highest BCUT2D eigenvalue weighted by Crippen LogP contribution is 2.17. The van der Waals surface area contributed by atoms with Crippen LogP contribution >= 0.6 is 0 Å². The Hall–Kier alpha value is -1.36. The van der Waals surface area contributed by atoms with E-state index in [1.807, 2.05) is 0 Å². The molecule has 5 heteroatoms. The largest absolute Gasteiger partial charge is 0.351 e. The standard InChI is InChI=1S/C11H17N3O2/c1-7-6-13-16-10(7)11(15)14-9-5-3-2-4-8(9)12/h6,8-9H,2-5,12H2,1H3,(H,14,15). The molecule has 1 aliphatic rings. The lowest BCUT2D eigenvalue weighted by molar-refractivity contribution is 0.0883. The van der Waals surface area contributed by atoms with Crippen molar-refractivity contribution in [1.82, 2.24) is 10.5 Å². The lowest BCUT2D eigenvalue weighted by Gasteiger charge is -2.28. The molecule has 0 bridgehead atoms. The molecular formula is C11H17N3O2. The van der Waals surface area contributed by atoms with E-state index in [2.05, 4.69) is 10.5 Å². The summed E-state index contributed by atoms with van der Waals surface area (Å²) < 4.78 is 4.90. The molecule has 0 radical (unpaired) electrons. The van der Waals surface area contributed by atoms with Gasteiger partial charge in [-0.05, 0) is 19.8 Å². The van der Waals surface area contributed by atoms with Crippen molar-refractivity contribution in [2.24, 2.45) is 5.73 Å². The second kappa shape index (κ2) is 4.65. The van der Waals surface area contributed by atoms with E-state index >= 15 is 0 Å². The Labute approximate surface area is 94.4 Å². The van der Waals surface area contributed by atoms with E-state index in [-0.39, 0.29) is 23.8 Å². The Morgan fingerprint density at radius 1 is 1.56 bits per heavy atom. The first-order chi connectivity index (χ1) is 7.68. The van der Waals surface area contributed by atoms with Crippen molar-refractivity contribution in [2.75, 3.05) is 0 Å². The molecule has 88 valence electrons. The fraction of sp³-hybridized carbons (Fsp3) is 0.636. The maximum atomic E-state index is 11.8. The van der Waals surface area contributed by atoms with E-state index < -0.39 is 0 Å². The first kappa shape index (κ1) is 11.1. The first-order valence-corrected chi connectivity index (χ1v) is 5.66. The van der Waals surface area contributed by atoms with Crippen LogP contribution in [0.25, 0.3) is 0 Å². The Kier molecular flexibility index (Phi) is 3.24. The zero-order chi connectivity index (χ0) is 11.5. The molecule has 2 rings (SSSR count). The zero-order valence-electron chi connectivity index (χ0n) is 9.40.